The summed E-state index contributed by atoms with van der Waals surface area (Å²) in [6, 6.07) is 14.3. The smallest absolute Gasteiger partial charge is 0.262 e. The van der Waals surface area contributed by atoms with Gasteiger partial charge < -0.3 is 24.7 Å². The number of furan rings is 1. The molecule has 1 aliphatic heterocycles. The number of rotatable bonds is 8. The maximum atomic E-state index is 12.5. The van der Waals surface area contributed by atoms with Crippen LogP contribution >= 0.6 is 15.9 Å². The lowest BCUT2D eigenvalue weighted by Gasteiger charge is -2.17. The molecule has 4 rings (SSSR count). The molecule has 0 spiro atoms. The minimum Gasteiger partial charge on any atom is -0.484 e. The molecule has 1 saturated heterocycles. The van der Waals surface area contributed by atoms with Gasteiger partial charge in [0.25, 0.3) is 5.91 Å². The fourth-order valence-electron chi connectivity index (χ4n) is 4.02. The fraction of sp³-hybridized carbons (Fsp3) is 0.269. The molecule has 1 aromatic heterocycles. The Morgan fingerprint density at radius 1 is 1.14 bits per heavy atom. The zero-order valence-corrected chi connectivity index (χ0v) is 21.1. The van der Waals surface area contributed by atoms with Crippen LogP contribution in [-0.2, 0) is 20.9 Å². The van der Waals surface area contributed by atoms with Gasteiger partial charge >= 0.3 is 0 Å². The average molecular weight is 540 g/mol. The Balaban J connectivity index is 1.29. The number of nitrogens with zero attached hydrogens (tertiary/aromatic N) is 1. The van der Waals surface area contributed by atoms with Gasteiger partial charge in [0.1, 0.15) is 11.5 Å². The number of hydrogen-bond acceptors (Lipinski definition) is 5. The minimum atomic E-state index is -0.428. The Labute approximate surface area is 211 Å². The molecule has 0 saturated carbocycles. The lowest BCUT2D eigenvalue weighted by atomic mass is 10.1. The summed E-state index contributed by atoms with van der Waals surface area (Å²) < 4.78 is 11.8. The first kappa shape index (κ1) is 24.5. The number of aryl methyl sites for hydroxylation is 2. The predicted octanol–water partition coefficient (Wildman–Crippen LogP) is 4.35. The zero-order valence-electron chi connectivity index (χ0n) is 19.5. The lowest BCUT2D eigenvalue weighted by Crippen LogP contribution is -2.32. The van der Waals surface area contributed by atoms with E-state index in [9.17, 15) is 14.4 Å². The molecular weight excluding hydrogens is 514 g/mol. The molecule has 1 fully saturated rings. The van der Waals surface area contributed by atoms with Crippen LogP contribution in [0.25, 0.3) is 0 Å². The molecule has 2 N–H and O–H groups in total. The molecule has 0 radical (unpaired) electrons. The number of carbonyl (C=O) groups is 3. The molecule has 2 heterocycles. The molecular formula is C26H26BrN3O5. The standard InChI is InChI=1S/C26H26BrN3O5/c1-16-10-19(27)11-17(2)25(16)29-23(31)15-35-21-7-5-20(6-8-21)30-14-18(12-24(30)32)26(33)28-13-22-4-3-9-34-22/h3-11,18H,12-15H2,1-2H3,(H,28,33)(H,29,31)/t18-/m0/s1. The second-order valence-corrected chi connectivity index (χ2v) is 9.36. The van der Waals surface area contributed by atoms with Crippen molar-refractivity contribution in [3.05, 3.63) is 76.2 Å². The summed E-state index contributed by atoms with van der Waals surface area (Å²) in [5, 5.41) is 5.70. The van der Waals surface area contributed by atoms with Gasteiger partial charge in [0.15, 0.2) is 6.61 Å². The highest BCUT2D eigenvalue weighted by atomic mass is 79.9. The molecule has 3 aromatic rings. The van der Waals surface area contributed by atoms with Crippen LogP contribution in [0.2, 0.25) is 0 Å². The summed E-state index contributed by atoms with van der Waals surface area (Å²) in [7, 11) is 0. The van der Waals surface area contributed by atoms with E-state index in [4.69, 9.17) is 9.15 Å². The van der Waals surface area contributed by atoms with E-state index in [2.05, 4.69) is 26.6 Å². The van der Waals surface area contributed by atoms with Gasteiger partial charge in [0, 0.05) is 28.8 Å². The summed E-state index contributed by atoms with van der Waals surface area (Å²) in [4.78, 5) is 38.9. The van der Waals surface area contributed by atoms with E-state index in [-0.39, 0.29) is 37.3 Å². The van der Waals surface area contributed by atoms with Crippen LogP contribution in [0.4, 0.5) is 11.4 Å². The Morgan fingerprint density at radius 2 is 1.86 bits per heavy atom. The Kier molecular flexibility index (Phi) is 7.55. The van der Waals surface area contributed by atoms with Gasteiger partial charge in [-0.1, -0.05) is 15.9 Å². The summed E-state index contributed by atoms with van der Waals surface area (Å²) >= 11 is 3.45. The van der Waals surface area contributed by atoms with E-state index in [0.29, 0.717) is 23.7 Å². The van der Waals surface area contributed by atoms with Crippen molar-refractivity contribution in [2.24, 2.45) is 5.92 Å². The quantitative estimate of drug-likeness (QED) is 0.443. The van der Waals surface area contributed by atoms with E-state index < -0.39 is 5.92 Å². The third-order valence-electron chi connectivity index (χ3n) is 5.79. The van der Waals surface area contributed by atoms with Crippen LogP contribution in [0, 0.1) is 19.8 Å². The van der Waals surface area contributed by atoms with Crippen LogP contribution in [-0.4, -0.2) is 30.9 Å². The largest absolute Gasteiger partial charge is 0.484 e. The maximum absolute atomic E-state index is 12.5. The van der Waals surface area contributed by atoms with Crippen LogP contribution < -0.4 is 20.3 Å². The van der Waals surface area contributed by atoms with Crippen LogP contribution in [0.5, 0.6) is 5.75 Å². The number of ether oxygens (including phenoxy) is 1. The van der Waals surface area contributed by atoms with Crippen molar-refractivity contribution in [3.8, 4) is 5.75 Å². The number of hydrogen-bond donors (Lipinski definition) is 2. The van der Waals surface area contributed by atoms with E-state index >= 15 is 0 Å². The van der Waals surface area contributed by atoms with Gasteiger partial charge in [0.2, 0.25) is 11.8 Å². The van der Waals surface area contributed by atoms with Gasteiger partial charge in [-0.15, -0.1) is 0 Å². The van der Waals surface area contributed by atoms with Gasteiger partial charge in [0.05, 0.1) is 18.7 Å². The Morgan fingerprint density at radius 3 is 2.51 bits per heavy atom. The number of benzene rings is 2. The van der Waals surface area contributed by atoms with Crippen molar-refractivity contribution in [1.29, 1.82) is 0 Å². The monoisotopic (exact) mass is 539 g/mol. The van der Waals surface area contributed by atoms with E-state index in [1.54, 1.807) is 47.6 Å². The molecule has 35 heavy (non-hydrogen) atoms. The van der Waals surface area contributed by atoms with E-state index in [1.165, 1.54) is 0 Å². The molecule has 182 valence electrons. The SMILES string of the molecule is Cc1cc(Br)cc(C)c1NC(=O)COc1ccc(N2C[C@@H](C(=O)NCc3ccco3)CC2=O)cc1. The summed E-state index contributed by atoms with van der Waals surface area (Å²) in [6.07, 6.45) is 1.70. The zero-order chi connectivity index (χ0) is 24.9. The van der Waals surface area contributed by atoms with Crippen LogP contribution in [0.3, 0.4) is 0 Å². The first-order valence-corrected chi connectivity index (χ1v) is 12.0. The summed E-state index contributed by atoms with van der Waals surface area (Å²) in [5.74, 6) is 0.178. The molecule has 2 aromatic carbocycles. The molecule has 0 unspecified atom stereocenters. The van der Waals surface area contributed by atoms with Gasteiger partial charge in [-0.3, -0.25) is 14.4 Å². The normalized spacial score (nSPS) is 15.2. The van der Waals surface area contributed by atoms with E-state index in [1.807, 2.05) is 26.0 Å². The average Bonchev–Trinajstić information content (AvgIpc) is 3.48. The molecule has 0 bridgehead atoms. The van der Waals surface area contributed by atoms with Crippen LogP contribution in [0.15, 0.2) is 63.7 Å². The second kappa shape index (κ2) is 10.8. The van der Waals surface area contributed by atoms with E-state index in [0.717, 1.165) is 21.3 Å². The number of anilines is 2. The van der Waals surface area contributed by atoms with Crippen molar-refractivity contribution >= 4 is 45.0 Å². The number of amides is 3. The fourth-order valence-corrected chi connectivity index (χ4v) is 4.71. The van der Waals surface area contributed by atoms with Crippen molar-refractivity contribution in [2.45, 2.75) is 26.8 Å². The molecule has 3 amide bonds. The predicted molar refractivity (Wildman–Crippen MR) is 135 cm³/mol. The first-order valence-electron chi connectivity index (χ1n) is 11.2. The molecule has 8 nitrogen and oxygen atoms in total. The molecule has 0 aliphatic carbocycles. The third kappa shape index (κ3) is 6.10. The topological polar surface area (TPSA) is 101 Å². The van der Waals surface area contributed by atoms with Gasteiger partial charge in [-0.2, -0.15) is 0 Å². The lowest BCUT2D eigenvalue weighted by molar-refractivity contribution is -0.126. The summed E-state index contributed by atoms with van der Waals surface area (Å²) in [6.45, 7) is 4.31. The number of halogens is 1. The minimum absolute atomic E-state index is 0.114. The molecule has 9 heteroatoms. The highest BCUT2D eigenvalue weighted by Gasteiger charge is 2.35. The molecule has 1 aliphatic rings. The Hall–Kier alpha value is -3.59. The molecule has 1 atom stereocenters. The summed E-state index contributed by atoms with van der Waals surface area (Å²) in [5.41, 5.74) is 3.36. The van der Waals surface area contributed by atoms with Gasteiger partial charge in [-0.25, -0.2) is 0 Å². The highest BCUT2D eigenvalue weighted by Crippen LogP contribution is 2.28. The highest BCUT2D eigenvalue weighted by molar-refractivity contribution is 9.10. The maximum Gasteiger partial charge on any atom is 0.262 e. The third-order valence-corrected chi connectivity index (χ3v) is 6.25. The van der Waals surface area contributed by atoms with Crippen molar-refractivity contribution in [1.82, 2.24) is 5.32 Å². The van der Waals surface area contributed by atoms with Crippen LogP contribution in [0.1, 0.15) is 23.3 Å². The van der Waals surface area contributed by atoms with Crippen molar-refractivity contribution < 1.29 is 23.5 Å². The van der Waals surface area contributed by atoms with Gasteiger partial charge in [-0.05, 0) is 73.5 Å². The van der Waals surface area contributed by atoms with Crippen molar-refractivity contribution in [3.63, 3.8) is 0 Å². The van der Waals surface area contributed by atoms with Crippen molar-refractivity contribution in [2.75, 3.05) is 23.4 Å². The first-order chi connectivity index (χ1) is 16.8. The number of nitrogens with one attached hydrogen (secondary N) is 2. The Bertz CT molecular complexity index is 1200. The second-order valence-electron chi connectivity index (χ2n) is 8.45. The number of carbonyl (C=O) groups excluding carboxylic acids is 3.